The zero-order chi connectivity index (χ0) is 18.5. The van der Waals surface area contributed by atoms with Crippen LogP contribution in [0.2, 0.25) is 0 Å². The fraction of sp³-hybridized carbons (Fsp3) is 0.318. The Balaban J connectivity index is 1.66. The van der Waals surface area contributed by atoms with E-state index >= 15 is 0 Å². The molecule has 136 valence electrons. The SMILES string of the molecule is CN1C2=NC(C3CCC3)N(c3ccccc3)C(=O)C2C(=O)c2ccccc21. The Kier molecular flexibility index (Phi) is 3.64. The molecule has 2 atom stereocenters. The highest BCUT2D eigenvalue weighted by molar-refractivity contribution is 6.35. The van der Waals surface area contributed by atoms with Crippen molar-refractivity contribution in [2.24, 2.45) is 16.8 Å². The van der Waals surface area contributed by atoms with Crippen molar-refractivity contribution in [3.05, 3.63) is 60.2 Å². The summed E-state index contributed by atoms with van der Waals surface area (Å²) in [6.45, 7) is 0. The molecule has 1 fully saturated rings. The van der Waals surface area contributed by atoms with E-state index in [1.807, 2.05) is 60.5 Å². The Labute approximate surface area is 158 Å². The first kappa shape index (κ1) is 16.2. The molecule has 0 saturated heterocycles. The third kappa shape index (κ3) is 2.34. The molecule has 1 saturated carbocycles. The second kappa shape index (κ2) is 6.05. The number of aliphatic imine (C=N–C) groups is 1. The molecule has 2 unspecified atom stereocenters. The van der Waals surface area contributed by atoms with E-state index < -0.39 is 5.92 Å². The minimum atomic E-state index is -0.860. The third-order valence-corrected chi connectivity index (χ3v) is 6.01. The van der Waals surface area contributed by atoms with Crippen molar-refractivity contribution >= 4 is 28.9 Å². The molecule has 2 aromatic carbocycles. The zero-order valence-corrected chi connectivity index (χ0v) is 15.2. The number of hydrogen-bond acceptors (Lipinski definition) is 4. The number of nitrogens with zero attached hydrogens (tertiary/aromatic N) is 3. The summed E-state index contributed by atoms with van der Waals surface area (Å²) >= 11 is 0. The molecule has 2 heterocycles. The molecule has 0 radical (unpaired) electrons. The van der Waals surface area contributed by atoms with Gasteiger partial charge in [-0.1, -0.05) is 36.8 Å². The highest BCUT2D eigenvalue weighted by Gasteiger charge is 2.50. The number of hydrogen-bond donors (Lipinski definition) is 0. The normalized spacial score (nSPS) is 24.9. The van der Waals surface area contributed by atoms with Gasteiger partial charge in [0, 0.05) is 24.2 Å². The molecule has 5 nitrogen and oxygen atoms in total. The molecule has 5 rings (SSSR count). The number of amidine groups is 1. The fourth-order valence-electron chi connectivity index (χ4n) is 4.33. The predicted octanol–water partition coefficient (Wildman–Crippen LogP) is 3.51. The van der Waals surface area contributed by atoms with E-state index in [1.165, 1.54) is 6.42 Å². The van der Waals surface area contributed by atoms with E-state index in [9.17, 15) is 9.59 Å². The summed E-state index contributed by atoms with van der Waals surface area (Å²) in [5, 5.41) is 0. The van der Waals surface area contributed by atoms with Crippen LogP contribution in [0.25, 0.3) is 0 Å². The number of carbonyl (C=O) groups excluding carboxylic acids is 2. The molecule has 2 aromatic rings. The first-order chi connectivity index (χ1) is 13.2. The maximum Gasteiger partial charge on any atom is 0.247 e. The molecule has 3 aliphatic rings. The first-order valence-electron chi connectivity index (χ1n) is 9.49. The van der Waals surface area contributed by atoms with Gasteiger partial charge in [-0.2, -0.15) is 0 Å². The number of amides is 1. The number of rotatable bonds is 2. The minimum Gasteiger partial charge on any atom is -0.331 e. The van der Waals surface area contributed by atoms with E-state index in [1.54, 1.807) is 11.0 Å². The maximum absolute atomic E-state index is 13.6. The van der Waals surface area contributed by atoms with Crippen LogP contribution in [0.4, 0.5) is 11.4 Å². The summed E-state index contributed by atoms with van der Waals surface area (Å²) in [5.41, 5.74) is 2.23. The molecule has 5 heteroatoms. The van der Waals surface area contributed by atoms with E-state index in [0.717, 1.165) is 24.2 Å². The van der Waals surface area contributed by atoms with E-state index in [2.05, 4.69) is 0 Å². The van der Waals surface area contributed by atoms with Crippen molar-refractivity contribution in [3.63, 3.8) is 0 Å². The van der Waals surface area contributed by atoms with Gasteiger partial charge in [-0.15, -0.1) is 0 Å². The number of benzene rings is 2. The lowest BCUT2D eigenvalue weighted by Crippen LogP contribution is -2.60. The smallest absolute Gasteiger partial charge is 0.247 e. The summed E-state index contributed by atoms with van der Waals surface area (Å²) in [5.74, 6) is -0.229. The quantitative estimate of drug-likeness (QED) is 0.771. The van der Waals surface area contributed by atoms with Crippen molar-refractivity contribution in [1.29, 1.82) is 0 Å². The minimum absolute atomic E-state index is 0.152. The van der Waals surface area contributed by atoms with Crippen molar-refractivity contribution in [2.45, 2.75) is 25.4 Å². The molecule has 0 bridgehead atoms. The van der Waals surface area contributed by atoms with Crippen LogP contribution in [0.3, 0.4) is 0 Å². The van der Waals surface area contributed by atoms with Crippen molar-refractivity contribution in [3.8, 4) is 0 Å². The van der Waals surface area contributed by atoms with Crippen molar-refractivity contribution in [2.75, 3.05) is 16.8 Å². The van der Waals surface area contributed by atoms with Gasteiger partial charge in [-0.3, -0.25) is 14.5 Å². The number of fused-ring (bicyclic) bond motifs is 2. The summed E-state index contributed by atoms with van der Waals surface area (Å²) < 4.78 is 0. The van der Waals surface area contributed by atoms with Crippen LogP contribution >= 0.6 is 0 Å². The number of Topliss-reactive ketones (excluding diaryl/α,β-unsaturated/α-hetero) is 1. The van der Waals surface area contributed by atoms with Crippen LogP contribution in [-0.2, 0) is 4.79 Å². The second-order valence-electron chi connectivity index (χ2n) is 7.51. The topological polar surface area (TPSA) is 53.0 Å². The van der Waals surface area contributed by atoms with Crippen LogP contribution < -0.4 is 9.80 Å². The van der Waals surface area contributed by atoms with Gasteiger partial charge in [0.1, 0.15) is 12.0 Å². The van der Waals surface area contributed by atoms with Gasteiger partial charge in [0.15, 0.2) is 11.7 Å². The highest BCUT2D eigenvalue weighted by atomic mass is 16.2. The molecule has 27 heavy (non-hydrogen) atoms. The Morgan fingerprint density at radius 1 is 0.963 bits per heavy atom. The van der Waals surface area contributed by atoms with Gasteiger partial charge in [0.25, 0.3) is 0 Å². The lowest BCUT2D eigenvalue weighted by atomic mass is 9.80. The van der Waals surface area contributed by atoms with Crippen molar-refractivity contribution < 1.29 is 9.59 Å². The molecule has 0 aromatic heterocycles. The molecule has 1 amide bonds. The highest BCUT2D eigenvalue weighted by Crippen LogP contribution is 2.41. The zero-order valence-electron chi connectivity index (χ0n) is 15.2. The average Bonchev–Trinajstić information content (AvgIpc) is 2.65. The predicted molar refractivity (Wildman–Crippen MR) is 105 cm³/mol. The number of para-hydroxylation sites is 2. The van der Waals surface area contributed by atoms with Crippen LogP contribution in [-0.4, -0.2) is 30.7 Å². The van der Waals surface area contributed by atoms with E-state index in [0.29, 0.717) is 17.3 Å². The first-order valence-corrected chi connectivity index (χ1v) is 9.49. The van der Waals surface area contributed by atoms with Gasteiger partial charge in [0.05, 0.1) is 5.69 Å². The Morgan fingerprint density at radius 3 is 2.37 bits per heavy atom. The Morgan fingerprint density at radius 2 is 1.67 bits per heavy atom. The summed E-state index contributed by atoms with van der Waals surface area (Å²) in [4.78, 5) is 35.4. The largest absolute Gasteiger partial charge is 0.331 e. The van der Waals surface area contributed by atoms with Gasteiger partial charge in [-0.25, -0.2) is 4.99 Å². The van der Waals surface area contributed by atoms with Crippen LogP contribution in [0, 0.1) is 11.8 Å². The molecular weight excluding hydrogens is 338 g/mol. The van der Waals surface area contributed by atoms with Crippen molar-refractivity contribution in [1.82, 2.24) is 0 Å². The number of anilines is 2. The Bertz CT molecular complexity index is 949. The van der Waals surface area contributed by atoms with Gasteiger partial charge in [0.2, 0.25) is 5.91 Å². The van der Waals surface area contributed by atoms with Gasteiger partial charge < -0.3 is 4.90 Å². The second-order valence-corrected chi connectivity index (χ2v) is 7.51. The molecular formula is C22H21N3O2. The van der Waals surface area contributed by atoms with Gasteiger partial charge in [-0.05, 0) is 37.1 Å². The molecule has 0 N–H and O–H groups in total. The fourth-order valence-corrected chi connectivity index (χ4v) is 4.33. The van der Waals surface area contributed by atoms with Crippen LogP contribution in [0.15, 0.2) is 59.6 Å². The lowest BCUT2D eigenvalue weighted by Gasteiger charge is -2.46. The number of carbonyl (C=O) groups is 2. The van der Waals surface area contributed by atoms with E-state index in [-0.39, 0.29) is 17.9 Å². The van der Waals surface area contributed by atoms with Crippen LogP contribution in [0.5, 0.6) is 0 Å². The summed E-state index contributed by atoms with van der Waals surface area (Å²) in [6, 6.07) is 17.1. The van der Waals surface area contributed by atoms with Crippen LogP contribution in [0.1, 0.15) is 29.6 Å². The molecule has 0 spiro atoms. The van der Waals surface area contributed by atoms with Gasteiger partial charge >= 0.3 is 0 Å². The lowest BCUT2D eigenvalue weighted by molar-refractivity contribution is -0.120. The molecule has 2 aliphatic heterocycles. The maximum atomic E-state index is 13.6. The van der Waals surface area contributed by atoms with E-state index in [4.69, 9.17) is 4.99 Å². The average molecular weight is 359 g/mol. The summed E-state index contributed by atoms with van der Waals surface area (Å²) in [6.07, 6.45) is 3.07. The standard InChI is InChI=1S/C22H21N3O2/c1-24-17-13-6-5-12-16(17)19(26)18-21(24)23-20(14-8-7-9-14)25(22(18)27)15-10-3-2-4-11-15/h2-6,10-14,18,20H,7-9H2,1H3. The Hall–Kier alpha value is -2.95. The molecule has 1 aliphatic carbocycles. The monoisotopic (exact) mass is 359 g/mol. The number of ketones is 1. The third-order valence-electron chi connectivity index (χ3n) is 6.01. The summed E-state index contributed by atoms with van der Waals surface area (Å²) in [7, 11) is 1.90.